The lowest BCUT2D eigenvalue weighted by molar-refractivity contribution is -0.118. The molecule has 0 aliphatic rings. The molecule has 0 fully saturated rings. The number of amides is 2. The molecule has 0 aliphatic carbocycles. The molecule has 0 bridgehead atoms. The number of carbonyl (C=O) groups excluding carboxylic acids is 2. The summed E-state index contributed by atoms with van der Waals surface area (Å²) in [6, 6.07) is 12.7. The summed E-state index contributed by atoms with van der Waals surface area (Å²) >= 11 is 1.06. The first-order valence-corrected chi connectivity index (χ1v) is 10.5. The first-order chi connectivity index (χ1) is 15.0. The molecule has 3 rings (SSSR count). The average Bonchev–Trinajstić information content (AvgIpc) is 3.23. The average molecular weight is 444 g/mol. The summed E-state index contributed by atoms with van der Waals surface area (Å²) in [7, 11) is 0. The highest BCUT2D eigenvalue weighted by molar-refractivity contribution is 7.99. The Morgan fingerprint density at radius 3 is 2.61 bits per heavy atom. The largest absolute Gasteiger partial charge is 0.493 e. The van der Waals surface area contributed by atoms with Crippen LogP contribution in [0.1, 0.15) is 13.3 Å². The summed E-state index contributed by atoms with van der Waals surface area (Å²) in [5.41, 5.74) is 6.33. The van der Waals surface area contributed by atoms with Gasteiger partial charge in [-0.05, 0) is 43.3 Å². The number of para-hydroxylation sites is 1. The van der Waals surface area contributed by atoms with E-state index in [0.29, 0.717) is 23.6 Å². The van der Waals surface area contributed by atoms with Gasteiger partial charge in [0.05, 0.1) is 17.9 Å². The minimum Gasteiger partial charge on any atom is -0.493 e. The Labute approximate surface area is 182 Å². The van der Waals surface area contributed by atoms with Crippen molar-refractivity contribution in [2.24, 2.45) is 5.73 Å². The van der Waals surface area contributed by atoms with E-state index in [-0.39, 0.29) is 35.7 Å². The Morgan fingerprint density at radius 2 is 1.90 bits per heavy atom. The number of rotatable bonds is 10. The molecule has 0 saturated heterocycles. The second-order valence-corrected chi connectivity index (χ2v) is 7.26. The van der Waals surface area contributed by atoms with Crippen LogP contribution in [0.3, 0.4) is 0 Å². The molecule has 0 unspecified atom stereocenters. The van der Waals surface area contributed by atoms with Crippen LogP contribution in [0.2, 0.25) is 0 Å². The highest BCUT2D eigenvalue weighted by Crippen LogP contribution is 2.31. The van der Waals surface area contributed by atoms with Gasteiger partial charge in [0.1, 0.15) is 11.6 Å². The van der Waals surface area contributed by atoms with Crippen molar-refractivity contribution in [2.45, 2.75) is 18.6 Å². The molecule has 162 valence electrons. The smallest absolute Gasteiger partial charge is 0.277 e. The Bertz CT molecular complexity index is 1040. The molecule has 3 aromatic rings. The highest BCUT2D eigenvalue weighted by atomic mass is 32.2. The van der Waals surface area contributed by atoms with E-state index < -0.39 is 11.7 Å². The van der Waals surface area contributed by atoms with Gasteiger partial charge in [-0.25, -0.2) is 4.39 Å². The van der Waals surface area contributed by atoms with Crippen LogP contribution in [-0.4, -0.2) is 40.9 Å². The fraction of sp³-hybridized carbons (Fsp3) is 0.238. The second kappa shape index (κ2) is 10.6. The van der Waals surface area contributed by atoms with Gasteiger partial charge in [-0.15, -0.1) is 10.2 Å². The van der Waals surface area contributed by atoms with Gasteiger partial charge in [-0.3, -0.25) is 9.59 Å². The van der Waals surface area contributed by atoms with E-state index in [1.165, 1.54) is 29.2 Å². The molecular weight excluding hydrogens is 423 g/mol. The fourth-order valence-corrected chi connectivity index (χ4v) is 3.38. The molecular formula is C21H21FN4O4S. The molecule has 0 spiro atoms. The number of ether oxygens (including phenoxy) is 1. The van der Waals surface area contributed by atoms with Gasteiger partial charge in [0.15, 0.2) is 0 Å². The lowest BCUT2D eigenvalue weighted by Crippen LogP contribution is -2.35. The number of thioether (sulfide) groups is 1. The van der Waals surface area contributed by atoms with Crippen molar-refractivity contribution in [3.05, 3.63) is 54.3 Å². The number of halogens is 1. The van der Waals surface area contributed by atoms with Crippen molar-refractivity contribution in [2.75, 3.05) is 23.8 Å². The van der Waals surface area contributed by atoms with Crippen molar-refractivity contribution in [3.8, 4) is 17.2 Å². The number of primary amides is 1. The van der Waals surface area contributed by atoms with Crippen LogP contribution in [0.4, 0.5) is 10.1 Å². The Morgan fingerprint density at radius 1 is 1.16 bits per heavy atom. The predicted octanol–water partition coefficient (Wildman–Crippen LogP) is 3.28. The van der Waals surface area contributed by atoms with E-state index in [4.69, 9.17) is 14.9 Å². The van der Waals surface area contributed by atoms with Crippen molar-refractivity contribution in [1.82, 2.24) is 10.2 Å². The Balaban J connectivity index is 1.70. The summed E-state index contributed by atoms with van der Waals surface area (Å²) < 4.78 is 24.5. The predicted molar refractivity (Wildman–Crippen MR) is 114 cm³/mol. The topological polar surface area (TPSA) is 112 Å². The molecule has 0 saturated carbocycles. The van der Waals surface area contributed by atoms with E-state index in [1.807, 2.05) is 19.1 Å². The summed E-state index contributed by atoms with van der Waals surface area (Å²) in [4.78, 5) is 25.3. The van der Waals surface area contributed by atoms with E-state index in [2.05, 4.69) is 10.2 Å². The molecule has 1 heterocycles. The van der Waals surface area contributed by atoms with Gasteiger partial charge >= 0.3 is 0 Å². The maximum absolute atomic E-state index is 13.2. The molecule has 0 atom stereocenters. The zero-order valence-corrected chi connectivity index (χ0v) is 17.6. The van der Waals surface area contributed by atoms with Crippen LogP contribution in [0.25, 0.3) is 11.5 Å². The third-order valence-corrected chi connectivity index (χ3v) is 4.97. The van der Waals surface area contributed by atoms with Crippen molar-refractivity contribution in [1.29, 1.82) is 0 Å². The lowest BCUT2D eigenvalue weighted by atomic mass is 10.2. The van der Waals surface area contributed by atoms with E-state index in [0.717, 1.165) is 11.8 Å². The number of hydrogen-bond acceptors (Lipinski definition) is 7. The Hall–Kier alpha value is -3.40. The number of anilines is 1. The number of hydrogen-bond donors (Lipinski definition) is 1. The van der Waals surface area contributed by atoms with Gasteiger partial charge in [0.25, 0.3) is 11.1 Å². The summed E-state index contributed by atoms with van der Waals surface area (Å²) in [6.45, 7) is 2.45. The number of carbonyl (C=O) groups is 2. The van der Waals surface area contributed by atoms with Gasteiger partial charge in [-0.1, -0.05) is 23.9 Å². The maximum atomic E-state index is 13.2. The fourth-order valence-electron chi connectivity index (χ4n) is 2.74. The normalized spacial score (nSPS) is 10.6. The summed E-state index contributed by atoms with van der Waals surface area (Å²) in [5.74, 6) is -0.399. The van der Waals surface area contributed by atoms with Crippen molar-refractivity contribution in [3.63, 3.8) is 0 Å². The minimum absolute atomic E-state index is 0.0211. The van der Waals surface area contributed by atoms with Crippen LogP contribution >= 0.6 is 11.8 Å². The Kier molecular flexibility index (Phi) is 7.60. The first kappa shape index (κ1) is 22.3. The molecule has 31 heavy (non-hydrogen) atoms. The lowest BCUT2D eigenvalue weighted by Gasteiger charge is -2.22. The standard InChI is InChI=1S/C21H21FN4O4S/c1-2-29-17-6-4-3-5-16(17)20-24-25-21(30-20)31-13-19(28)26(12-11-18(23)27)15-9-7-14(22)8-10-15/h3-10H,2,11-13H2,1H3,(H2,23,27). The number of benzene rings is 2. The molecule has 1 aromatic heterocycles. The zero-order valence-electron chi connectivity index (χ0n) is 16.8. The van der Waals surface area contributed by atoms with E-state index in [1.54, 1.807) is 12.1 Å². The molecule has 0 aliphatic heterocycles. The van der Waals surface area contributed by atoms with E-state index in [9.17, 15) is 14.0 Å². The van der Waals surface area contributed by atoms with Crippen LogP contribution < -0.4 is 15.4 Å². The summed E-state index contributed by atoms with van der Waals surface area (Å²) in [5, 5.41) is 8.23. The summed E-state index contributed by atoms with van der Waals surface area (Å²) in [6.07, 6.45) is -0.0211. The van der Waals surface area contributed by atoms with Gasteiger partial charge < -0.3 is 19.8 Å². The monoisotopic (exact) mass is 444 g/mol. The van der Waals surface area contributed by atoms with Gasteiger partial charge in [-0.2, -0.15) is 0 Å². The number of nitrogens with two attached hydrogens (primary N) is 1. The van der Waals surface area contributed by atoms with Crippen LogP contribution in [0.5, 0.6) is 5.75 Å². The number of nitrogens with zero attached hydrogens (tertiary/aromatic N) is 3. The third kappa shape index (κ3) is 6.05. The van der Waals surface area contributed by atoms with E-state index >= 15 is 0 Å². The molecule has 2 N–H and O–H groups in total. The quantitative estimate of drug-likeness (QED) is 0.478. The van der Waals surface area contributed by atoms with Gasteiger partial charge in [0, 0.05) is 18.7 Å². The van der Waals surface area contributed by atoms with Crippen LogP contribution in [0.15, 0.2) is 58.2 Å². The van der Waals surface area contributed by atoms with Crippen molar-refractivity contribution < 1.29 is 23.1 Å². The molecule has 2 amide bonds. The molecule has 2 aromatic carbocycles. The minimum atomic E-state index is -0.540. The first-order valence-electron chi connectivity index (χ1n) is 9.50. The van der Waals surface area contributed by atoms with Crippen molar-refractivity contribution >= 4 is 29.3 Å². The molecule has 8 nitrogen and oxygen atoms in total. The zero-order chi connectivity index (χ0) is 22.2. The molecule has 0 radical (unpaired) electrons. The van der Waals surface area contributed by atoms with Crippen LogP contribution in [-0.2, 0) is 9.59 Å². The second-order valence-electron chi connectivity index (χ2n) is 6.33. The SMILES string of the molecule is CCOc1ccccc1-c1nnc(SCC(=O)N(CCC(N)=O)c2ccc(F)cc2)o1. The third-order valence-electron chi connectivity index (χ3n) is 4.16. The molecule has 10 heteroatoms. The highest BCUT2D eigenvalue weighted by Gasteiger charge is 2.19. The van der Waals surface area contributed by atoms with Crippen LogP contribution in [0, 0.1) is 5.82 Å². The number of aromatic nitrogens is 2. The maximum Gasteiger partial charge on any atom is 0.277 e. The van der Waals surface area contributed by atoms with Gasteiger partial charge in [0.2, 0.25) is 11.8 Å².